The highest BCUT2D eigenvalue weighted by Gasteiger charge is 2.03. The van der Waals surface area contributed by atoms with E-state index >= 15 is 0 Å². The minimum absolute atomic E-state index is 0.255. The third kappa shape index (κ3) is 4.39. The monoisotopic (exact) mass is 321 g/mol. The van der Waals surface area contributed by atoms with Gasteiger partial charge in [-0.2, -0.15) is 5.10 Å². The van der Waals surface area contributed by atoms with Crippen molar-refractivity contribution < 1.29 is 9.18 Å². The fraction of sp³-hybridized carbons (Fsp3) is 0.0526. The molecule has 1 amide bonds. The van der Waals surface area contributed by atoms with Crippen LogP contribution in [-0.4, -0.2) is 15.7 Å². The quantitative estimate of drug-likeness (QED) is 0.728. The Kier molecular flexibility index (Phi) is 4.81. The van der Waals surface area contributed by atoms with Gasteiger partial charge in [-0.15, -0.1) is 0 Å². The predicted octanol–water partition coefficient (Wildman–Crippen LogP) is 3.72. The minimum Gasteiger partial charge on any atom is -0.306 e. The summed E-state index contributed by atoms with van der Waals surface area (Å²) in [6, 6.07) is 17.6. The molecule has 24 heavy (non-hydrogen) atoms. The number of nitrogens with zero attached hydrogens (tertiary/aromatic N) is 2. The Morgan fingerprint density at radius 1 is 1.12 bits per heavy atom. The normalized spacial score (nSPS) is 10.9. The van der Waals surface area contributed by atoms with E-state index < -0.39 is 0 Å². The van der Waals surface area contributed by atoms with Crippen LogP contribution in [0.3, 0.4) is 0 Å². The van der Waals surface area contributed by atoms with Gasteiger partial charge in [0, 0.05) is 18.3 Å². The number of nitrogens with one attached hydrogen (secondary N) is 1. The van der Waals surface area contributed by atoms with Gasteiger partial charge in [0.05, 0.1) is 6.54 Å². The molecular weight excluding hydrogens is 305 g/mol. The zero-order valence-corrected chi connectivity index (χ0v) is 12.9. The molecule has 0 aliphatic carbocycles. The molecule has 0 bridgehead atoms. The van der Waals surface area contributed by atoms with E-state index in [1.165, 1.54) is 18.2 Å². The van der Waals surface area contributed by atoms with Crippen LogP contribution >= 0.6 is 0 Å². The first kappa shape index (κ1) is 15.7. The Bertz CT molecular complexity index is 856. The van der Waals surface area contributed by atoms with Gasteiger partial charge in [-0.1, -0.05) is 42.5 Å². The smallest absolute Gasteiger partial charge is 0.249 e. The number of carbonyl (C=O) groups is 1. The van der Waals surface area contributed by atoms with Crippen molar-refractivity contribution in [2.24, 2.45) is 0 Å². The van der Waals surface area contributed by atoms with Crippen molar-refractivity contribution in [1.82, 2.24) is 9.78 Å². The van der Waals surface area contributed by atoms with E-state index in [-0.39, 0.29) is 11.7 Å². The Balaban J connectivity index is 1.59. The lowest BCUT2D eigenvalue weighted by atomic mass is 10.2. The Morgan fingerprint density at radius 2 is 1.96 bits per heavy atom. The molecule has 3 rings (SSSR count). The molecule has 0 aliphatic heterocycles. The van der Waals surface area contributed by atoms with Crippen molar-refractivity contribution in [2.75, 3.05) is 5.32 Å². The molecule has 120 valence electrons. The number of carbonyl (C=O) groups excluding carboxylic acids is 1. The number of benzene rings is 2. The van der Waals surface area contributed by atoms with Crippen molar-refractivity contribution in [1.29, 1.82) is 0 Å². The number of hydrogen-bond donors (Lipinski definition) is 1. The third-order valence-corrected chi connectivity index (χ3v) is 3.35. The zero-order chi connectivity index (χ0) is 16.8. The molecule has 0 spiro atoms. The standard InChI is InChI=1S/C19H16FN3O/c20-17-8-4-7-16(13-17)14-23-12-11-18(22-23)21-19(24)10-9-15-5-2-1-3-6-15/h1-13H,14H2,(H,21,22,24)/b10-9+. The summed E-state index contributed by atoms with van der Waals surface area (Å²) in [7, 11) is 0. The highest BCUT2D eigenvalue weighted by molar-refractivity contribution is 6.01. The lowest BCUT2D eigenvalue weighted by Gasteiger charge is -2.02. The van der Waals surface area contributed by atoms with Crippen LogP contribution < -0.4 is 5.32 Å². The molecule has 1 N–H and O–H groups in total. The van der Waals surface area contributed by atoms with Crippen LogP contribution in [0.2, 0.25) is 0 Å². The van der Waals surface area contributed by atoms with Crippen LogP contribution in [-0.2, 0) is 11.3 Å². The molecular formula is C19H16FN3O. The third-order valence-electron chi connectivity index (χ3n) is 3.35. The average molecular weight is 321 g/mol. The lowest BCUT2D eigenvalue weighted by Crippen LogP contribution is -2.09. The maximum absolute atomic E-state index is 13.2. The molecule has 2 aromatic carbocycles. The van der Waals surface area contributed by atoms with E-state index in [9.17, 15) is 9.18 Å². The Hall–Kier alpha value is -3.21. The van der Waals surface area contributed by atoms with Gasteiger partial charge < -0.3 is 5.32 Å². The van der Waals surface area contributed by atoms with Crippen LogP contribution in [0.1, 0.15) is 11.1 Å². The number of anilines is 1. The molecule has 1 heterocycles. The van der Waals surface area contributed by atoms with Crippen molar-refractivity contribution in [3.8, 4) is 0 Å². The highest BCUT2D eigenvalue weighted by Crippen LogP contribution is 2.08. The molecule has 0 atom stereocenters. The molecule has 0 radical (unpaired) electrons. The van der Waals surface area contributed by atoms with Crippen molar-refractivity contribution >= 4 is 17.8 Å². The van der Waals surface area contributed by atoms with E-state index in [1.807, 2.05) is 36.4 Å². The molecule has 4 nitrogen and oxygen atoms in total. The van der Waals surface area contributed by atoms with E-state index in [0.29, 0.717) is 12.4 Å². The van der Waals surface area contributed by atoms with Crippen LogP contribution in [0.25, 0.3) is 6.08 Å². The van der Waals surface area contributed by atoms with E-state index in [0.717, 1.165) is 11.1 Å². The van der Waals surface area contributed by atoms with Crippen LogP contribution in [0, 0.1) is 5.82 Å². The second-order valence-corrected chi connectivity index (χ2v) is 5.26. The number of aromatic nitrogens is 2. The number of hydrogen-bond acceptors (Lipinski definition) is 2. The summed E-state index contributed by atoms with van der Waals surface area (Å²) in [6.45, 7) is 0.438. The van der Waals surface area contributed by atoms with Crippen molar-refractivity contribution in [3.63, 3.8) is 0 Å². The summed E-state index contributed by atoms with van der Waals surface area (Å²) in [5.41, 5.74) is 1.75. The van der Waals surface area contributed by atoms with Crippen molar-refractivity contribution in [3.05, 3.63) is 89.9 Å². The highest BCUT2D eigenvalue weighted by atomic mass is 19.1. The summed E-state index contributed by atoms with van der Waals surface area (Å²) < 4.78 is 14.8. The lowest BCUT2D eigenvalue weighted by molar-refractivity contribution is -0.111. The average Bonchev–Trinajstić information content (AvgIpc) is 3.01. The zero-order valence-electron chi connectivity index (χ0n) is 12.9. The SMILES string of the molecule is O=C(/C=C/c1ccccc1)Nc1ccn(Cc2cccc(F)c2)n1. The molecule has 0 saturated carbocycles. The summed E-state index contributed by atoms with van der Waals surface area (Å²) in [5.74, 6) is -0.0804. The van der Waals surface area contributed by atoms with Gasteiger partial charge in [0.25, 0.3) is 0 Å². The molecule has 3 aromatic rings. The molecule has 0 unspecified atom stereocenters. The molecule has 5 heteroatoms. The second-order valence-electron chi connectivity index (χ2n) is 5.26. The van der Waals surface area contributed by atoms with Gasteiger partial charge in [0.2, 0.25) is 5.91 Å². The molecule has 0 saturated heterocycles. The Labute approximate surface area is 139 Å². The fourth-order valence-corrected chi connectivity index (χ4v) is 2.24. The van der Waals surface area contributed by atoms with E-state index in [4.69, 9.17) is 0 Å². The first-order chi connectivity index (χ1) is 11.7. The summed E-state index contributed by atoms with van der Waals surface area (Å²) >= 11 is 0. The van der Waals surface area contributed by atoms with Gasteiger partial charge in [-0.3, -0.25) is 9.48 Å². The van der Waals surface area contributed by atoms with Gasteiger partial charge in [-0.05, 0) is 29.3 Å². The predicted molar refractivity (Wildman–Crippen MR) is 91.8 cm³/mol. The second kappa shape index (κ2) is 7.37. The summed E-state index contributed by atoms with van der Waals surface area (Å²) in [4.78, 5) is 11.9. The number of rotatable bonds is 5. The fourth-order valence-electron chi connectivity index (χ4n) is 2.24. The number of halogens is 1. The summed E-state index contributed by atoms with van der Waals surface area (Å²) in [6.07, 6.45) is 4.93. The van der Waals surface area contributed by atoms with E-state index in [1.54, 1.807) is 29.1 Å². The van der Waals surface area contributed by atoms with Crippen LogP contribution in [0.5, 0.6) is 0 Å². The molecule has 1 aromatic heterocycles. The van der Waals surface area contributed by atoms with Gasteiger partial charge in [0.1, 0.15) is 5.82 Å². The Morgan fingerprint density at radius 3 is 2.75 bits per heavy atom. The van der Waals surface area contributed by atoms with Crippen molar-refractivity contribution in [2.45, 2.75) is 6.54 Å². The maximum atomic E-state index is 13.2. The largest absolute Gasteiger partial charge is 0.306 e. The molecule has 0 aliphatic rings. The first-order valence-corrected chi connectivity index (χ1v) is 7.51. The topological polar surface area (TPSA) is 46.9 Å². The van der Waals surface area contributed by atoms with Gasteiger partial charge in [-0.25, -0.2) is 4.39 Å². The van der Waals surface area contributed by atoms with Crippen LogP contribution in [0.4, 0.5) is 10.2 Å². The minimum atomic E-state index is -0.278. The van der Waals surface area contributed by atoms with E-state index in [2.05, 4.69) is 10.4 Å². The molecule has 0 fully saturated rings. The maximum Gasteiger partial charge on any atom is 0.249 e. The van der Waals surface area contributed by atoms with Gasteiger partial charge in [0.15, 0.2) is 5.82 Å². The van der Waals surface area contributed by atoms with Gasteiger partial charge >= 0.3 is 0 Å². The first-order valence-electron chi connectivity index (χ1n) is 7.51. The number of amides is 1. The van der Waals surface area contributed by atoms with Crippen LogP contribution in [0.15, 0.2) is 72.9 Å². The summed E-state index contributed by atoms with van der Waals surface area (Å²) in [5, 5.41) is 6.96.